The van der Waals surface area contributed by atoms with Gasteiger partial charge in [0.1, 0.15) is 0 Å². The molecule has 0 saturated heterocycles. The molecule has 1 aromatic carbocycles. The predicted octanol–water partition coefficient (Wildman–Crippen LogP) is 5.02. The van der Waals surface area contributed by atoms with Crippen molar-refractivity contribution in [1.82, 2.24) is 0 Å². The van der Waals surface area contributed by atoms with Crippen molar-refractivity contribution in [3.05, 3.63) is 53.6 Å². The number of alkyl halides is 3. The van der Waals surface area contributed by atoms with E-state index in [4.69, 9.17) is 0 Å². The standard InChI is InChI=1S/C12H10BrF3/c1-2-3-7-11(13)9-5-4-6-10(8-9)12(14,15)16/h2-8H,1H3/b3-2+,11-7-. The lowest BCUT2D eigenvalue weighted by molar-refractivity contribution is -0.137. The van der Waals surface area contributed by atoms with Gasteiger partial charge in [-0.2, -0.15) is 13.2 Å². The molecule has 0 aliphatic carbocycles. The van der Waals surface area contributed by atoms with Crippen LogP contribution in [0.1, 0.15) is 18.1 Å². The predicted molar refractivity (Wildman–Crippen MR) is 63.2 cm³/mol. The summed E-state index contributed by atoms with van der Waals surface area (Å²) >= 11 is 3.23. The molecule has 0 unspecified atom stereocenters. The molecule has 86 valence electrons. The summed E-state index contributed by atoms with van der Waals surface area (Å²) in [7, 11) is 0. The van der Waals surface area contributed by atoms with Crippen LogP contribution in [0.4, 0.5) is 13.2 Å². The van der Waals surface area contributed by atoms with Gasteiger partial charge in [-0.25, -0.2) is 0 Å². The van der Waals surface area contributed by atoms with Crippen molar-refractivity contribution in [2.75, 3.05) is 0 Å². The van der Waals surface area contributed by atoms with Crippen molar-refractivity contribution in [2.45, 2.75) is 13.1 Å². The van der Waals surface area contributed by atoms with Crippen molar-refractivity contribution < 1.29 is 13.2 Å². The van der Waals surface area contributed by atoms with E-state index in [2.05, 4.69) is 15.9 Å². The molecule has 0 bridgehead atoms. The highest BCUT2D eigenvalue weighted by atomic mass is 79.9. The second-order valence-corrected chi connectivity index (χ2v) is 3.97. The number of halogens is 4. The van der Waals surface area contributed by atoms with Gasteiger partial charge in [0.25, 0.3) is 0 Å². The molecule has 0 fully saturated rings. The van der Waals surface area contributed by atoms with Gasteiger partial charge < -0.3 is 0 Å². The molecule has 0 nitrogen and oxygen atoms in total. The average molecular weight is 291 g/mol. The van der Waals surface area contributed by atoms with Crippen LogP contribution in [0.15, 0.2) is 42.5 Å². The fourth-order valence-electron chi connectivity index (χ4n) is 1.12. The largest absolute Gasteiger partial charge is 0.416 e. The number of rotatable bonds is 2. The molecule has 16 heavy (non-hydrogen) atoms. The lowest BCUT2D eigenvalue weighted by Gasteiger charge is -2.07. The quantitative estimate of drug-likeness (QED) is 0.671. The molecule has 0 saturated carbocycles. The van der Waals surface area contributed by atoms with Gasteiger partial charge in [0, 0.05) is 4.48 Å². The van der Waals surface area contributed by atoms with Crippen LogP contribution in [0.2, 0.25) is 0 Å². The first-order valence-corrected chi connectivity index (χ1v) is 5.40. The lowest BCUT2D eigenvalue weighted by atomic mass is 10.1. The first-order valence-electron chi connectivity index (χ1n) is 4.61. The van der Waals surface area contributed by atoms with Gasteiger partial charge in [0.2, 0.25) is 0 Å². The van der Waals surface area contributed by atoms with E-state index in [9.17, 15) is 13.2 Å². The lowest BCUT2D eigenvalue weighted by Crippen LogP contribution is -2.04. The number of hydrogen-bond donors (Lipinski definition) is 0. The van der Waals surface area contributed by atoms with Gasteiger partial charge >= 0.3 is 6.18 Å². The van der Waals surface area contributed by atoms with Crippen LogP contribution in [-0.2, 0) is 6.18 Å². The Morgan fingerprint density at radius 3 is 2.56 bits per heavy atom. The molecular formula is C12H10BrF3. The Balaban J connectivity index is 3.08. The maximum Gasteiger partial charge on any atom is 0.416 e. The van der Waals surface area contributed by atoms with Crippen molar-refractivity contribution in [3.63, 3.8) is 0 Å². The molecule has 4 heteroatoms. The normalized spacial score (nSPS) is 13.4. The Kier molecular flexibility index (Phi) is 4.35. The zero-order chi connectivity index (χ0) is 12.2. The van der Waals surface area contributed by atoms with Gasteiger partial charge in [0.05, 0.1) is 5.56 Å². The van der Waals surface area contributed by atoms with Crippen LogP contribution in [0.5, 0.6) is 0 Å². The minimum absolute atomic E-state index is 0.507. The molecule has 1 aromatic rings. The molecular weight excluding hydrogens is 281 g/mol. The SMILES string of the molecule is C/C=C/C=C(\Br)c1cccc(C(F)(F)F)c1. The van der Waals surface area contributed by atoms with Crippen molar-refractivity contribution in [2.24, 2.45) is 0 Å². The van der Waals surface area contributed by atoms with Gasteiger partial charge in [-0.05, 0) is 30.7 Å². The van der Waals surface area contributed by atoms with Gasteiger partial charge in [0.15, 0.2) is 0 Å². The second-order valence-electron chi connectivity index (χ2n) is 3.12. The van der Waals surface area contributed by atoms with Gasteiger partial charge in [-0.15, -0.1) is 0 Å². The summed E-state index contributed by atoms with van der Waals surface area (Å²) in [6.45, 7) is 1.84. The summed E-state index contributed by atoms with van der Waals surface area (Å²) in [4.78, 5) is 0. The molecule has 0 N–H and O–H groups in total. The Labute approximate surface area is 101 Å². The Morgan fingerprint density at radius 1 is 1.31 bits per heavy atom. The average Bonchev–Trinajstić information content (AvgIpc) is 2.25. The third-order valence-electron chi connectivity index (χ3n) is 1.90. The molecule has 0 aliphatic rings. The Hall–Kier alpha value is -1.03. The molecule has 1 rings (SSSR count). The Bertz CT molecular complexity index is 417. The van der Waals surface area contributed by atoms with Crippen LogP contribution in [0.3, 0.4) is 0 Å². The van der Waals surface area contributed by atoms with E-state index < -0.39 is 11.7 Å². The third-order valence-corrected chi connectivity index (χ3v) is 2.62. The van der Waals surface area contributed by atoms with Gasteiger partial charge in [-0.3, -0.25) is 0 Å². The van der Waals surface area contributed by atoms with Crippen LogP contribution < -0.4 is 0 Å². The highest BCUT2D eigenvalue weighted by Gasteiger charge is 2.30. The zero-order valence-electron chi connectivity index (χ0n) is 8.55. The second kappa shape index (κ2) is 5.34. The molecule has 0 amide bonds. The number of hydrogen-bond acceptors (Lipinski definition) is 0. The summed E-state index contributed by atoms with van der Waals surface area (Å²) in [6.07, 6.45) is 0.957. The van der Waals surface area contributed by atoms with E-state index in [0.717, 1.165) is 12.1 Å². The minimum atomic E-state index is -4.30. The maximum absolute atomic E-state index is 12.4. The monoisotopic (exact) mass is 290 g/mol. The molecule has 0 aliphatic heterocycles. The summed E-state index contributed by atoms with van der Waals surface area (Å²) < 4.78 is 37.9. The fourth-order valence-corrected chi connectivity index (χ4v) is 1.52. The van der Waals surface area contributed by atoms with E-state index >= 15 is 0 Å². The third kappa shape index (κ3) is 3.52. The van der Waals surface area contributed by atoms with Crippen LogP contribution in [0.25, 0.3) is 4.48 Å². The van der Waals surface area contributed by atoms with Crippen LogP contribution in [-0.4, -0.2) is 0 Å². The minimum Gasteiger partial charge on any atom is -0.166 e. The van der Waals surface area contributed by atoms with E-state index in [1.807, 2.05) is 6.92 Å². The summed E-state index contributed by atoms with van der Waals surface area (Å²) in [5, 5.41) is 0. The highest BCUT2D eigenvalue weighted by Crippen LogP contribution is 2.32. The number of allylic oxidation sites excluding steroid dienone is 3. The first-order chi connectivity index (χ1) is 7.45. The molecule has 0 spiro atoms. The maximum atomic E-state index is 12.4. The van der Waals surface area contributed by atoms with Gasteiger partial charge in [-0.1, -0.05) is 40.2 Å². The molecule has 0 radical (unpaired) electrons. The van der Waals surface area contributed by atoms with Crippen molar-refractivity contribution in [1.29, 1.82) is 0 Å². The van der Waals surface area contributed by atoms with Crippen LogP contribution >= 0.6 is 15.9 Å². The first kappa shape index (κ1) is 13.0. The van der Waals surface area contributed by atoms with E-state index in [-0.39, 0.29) is 0 Å². The highest BCUT2D eigenvalue weighted by molar-refractivity contribution is 9.15. The van der Waals surface area contributed by atoms with E-state index in [0.29, 0.717) is 10.0 Å². The summed E-state index contributed by atoms with van der Waals surface area (Å²) in [5.41, 5.74) is -0.135. The summed E-state index contributed by atoms with van der Waals surface area (Å²) in [6, 6.07) is 5.19. The molecule has 0 atom stereocenters. The molecule has 0 heterocycles. The Morgan fingerprint density at radius 2 is 2.00 bits per heavy atom. The molecule has 0 aromatic heterocycles. The zero-order valence-corrected chi connectivity index (χ0v) is 10.1. The number of benzene rings is 1. The van der Waals surface area contributed by atoms with Crippen LogP contribution in [0, 0.1) is 0 Å². The van der Waals surface area contributed by atoms with E-state index in [1.54, 1.807) is 24.3 Å². The van der Waals surface area contributed by atoms with Crippen molar-refractivity contribution >= 4 is 20.4 Å². The topological polar surface area (TPSA) is 0 Å². The van der Waals surface area contributed by atoms with E-state index in [1.165, 1.54) is 6.07 Å². The smallest absolute Gasteiger partial charge is 0.166 e. The van der Waals surface area contributed by atoms with Crippen molar-refractivity contribution in [3.8, 4) is 0 Å². The fraction of sp³-hybridized carbons (Fsp3) is 0.167. The summed E-state index contributed by atoms with van der Waals surface area (Å²) in [5.74, 6) is 0.